The van der Waals surface area contributed by atoms with Gasteiger partial charge in [0.2, 0.25) is 5.82 Å². The largest absolute Gasteiger partial charge is 0.481 e. The van der Waals surface area contributed by atoms with Crippen LogP contribution in [0.15, 0.2) is 12.1 Å². The molecular weight excluding hydrogens is 250 g/mol. The second kappa shape index (κ2) is 6.12. The van der Waals surface area contributed by atoms with Crippen LogP contribution in [-0.2, 0) is 4.79 Å². The van der Waals surface area contributed by atoms with Crippen molar-refractivity contribution in [2.75, 3.05) is 18.0 Å². The maximum absolute atomic E-state index is 11.0. The molecule has 7 nitrogen and oxygen atoms in total. The summed E-state index contributed by atoms with van der Waals surface area (Å²) in [7, 11) is 0. The molecule has 1 aromatic heterocycles. The zero-order valence-electron chi connectivity index (χ0n) is 11.2. The third-order valence-corrected chi connectivity index (χ3v) is 2.79. The van der Waals surface area contributed by atoms with E-state index in [0.717, 1.165) is 0 Å². The molecule has 0 saturated heterocycles. The molecule has 0 fully saturated rings. The van der Waals surface area contributed by atoms with Crippen molar-refractivity contribution < 1.29 is 14.8 Å². The first-order valence-corrected chi connectivity index (χ1v) is 5.96. The second-order valence-electron chi connectivity index (χ2n) is 4.33. The Morgan fingerprint density at radius 2 is 2.21 bits per heavy atom. The van der Waals surface area contributed by atoms with Gasteiger partial charge in [-0.05, 0) is 19.9 Å². The van der Waals surface area contributed by atoms with Gasteiger partial charge in [-0.1, -0.05) is 6.92 Å². The van der Waals surface area contributed by atoms with Crippen LogP contribution in [-0.4, -0.2) is 34.1 Å². The lowest BCUT2D eigenvalue weighted by molar-refractivity contribution is -0.384. The van der Waals surface area contributed by atoms with Crippen LogP contribution in [0.5, 0.6) is 0 Å². The van der Waals surface area contributed by atoms with Crippen molar-refractivity contribution in [3.05, 3.63) is 27.9 Å². The maximum Gasteiger partial charge on any atom is 0.311 e. The van der Waals surface area contributed by atoms with Crippen molar-refractivity contribution in [2.24, 2.45) is 5.92 Å². The molecule has 0 aromatic carbocycles. The zero-order valence-corrected chi connectivity index (χ0v) is 11.2. The minimum absolute atomic E-state index is 0.106. The van der Waals surface area contributed by atoms with Crippen LogP contribution in [0, 0.1) is 23.0 Å². The molecule has 1 atom stereocenters. The van der Waals surface area contributed by atoms with Crippen LogP contribution in [0.25, 0.3) is 0 Å². The molecule has 19 heavy (non-hydrogen) atoms. The number of nitrogens with zero attached hydrogens (tertiary/aromatic N) is 3. The van der Waals surface area contributed by atoms with Crippen LogP contribution in [0.2, 0.25) is 0 Å². The molecule has 0 radical (unpaired) electrons. The number of carbonyl (C=O) groups is 1. The number of aryl methyl sites for hydroxylation is 1. The highest BCUT2D eigenvalue weighted by molar-refractivity contribution is 5.71. The van der Waals surface area contributed by atoms with E-state index in [2.05, 4.69) is 4.98 Å². The van der Waals surface area contributed by atoms with Gasteiger partial charge in [-0.25, -0.2) is 4.98 Å². The summed E-state index contributed by atoms with van der Waals surface area (Å²) in [5, 5.41) is 19.9. The minimum atomic E-state index is -0.936. The van der Waals surface area contributed by atoms with Gasteiger partial charge >= 0.3 is 11.7 Å². The van der Waals surface area contributed by atoms with Gasteiger partial charge < -0.3 is 10.0 Å². The van der Waals surface area contributed by atoms with Crippen molar-refractivity contribution >= 4 is 17.5 Å². The lowest BCUT2D eigenvalue weighted by Gasteiger charge is -2.23. The van der Waals surface area contributed by atoms with Gasteiger partial charge in [-0.3, -0.25) is 14.9 Å². The first kappa shape index (κ1) is 14.9. The molecule has 0 amide bonds. The van der Waals surface area contributed by atoms with Crippen LogP contribution >= 0.6 is 0 Å². The Morgan fingerprint density at radius 1 is 1.58 bits per heavy atom. The monoisotopic (exact) mass is 267 g/mol. The van der Waals surface area contributed by atoms with Crippen LogP contribution in [0.1, 0.15) is 19.5 Å². The average molecular weight is 267 g/mol. The molecular formula is C12H17N3O4. The lowest BCUT2D eigenvalue weighted by Crippen LogP contribution is -2.32. The Bertz CT molecular complexity index is 490. The first-order chi connectivity index (χ1) is 8.86. The highest BCUT2D eigenvalue weighted by Crippen LogP contribution is 2.26. The SMILES string of the molecule is CCN(CC(C)C(=O)O)c1nc(C)ccc1[N+](=O)[O-]. The average Bonchev–Trinajstić information content (AvgIpc) is 2.34. The number of aromatic nitrogens is 1. The van der Waals surface area contributed by atoms with E-state index in [4.69, 9.17) is 5.11 Å². The predicted molar refractivity (Wildman–Crippen MR) is 70.3 cm³/mol. The van der Waals surface area contributed by atoms with Gasteiger partial charge in [-0.2, -0.15) is 0 Å². The van der Waals surface area contributed by atoms with E-state index >= 15 is 0 Å². The summed E-state index contributed by atoms with van der Waals surface area (Å²) in [6.07, 6.45) is 0. The summed E-state index contributed by atoms with van der Waals surface area (Å²) in [6, 6.07) is 2.96. The molecule has 1 unspecified atom stereocenters. The van der Waals surface area contributed by atoms with Gasteiger partial charge in [-0.15, -0.1) is 0 Å². The number of hydrogen-bond acceptors (Lipinski definition) is 5. The smallest absolute Gasteiger partial charge is 0.311 e. The number of hydrogen-bond donors (Lipinski definition) is 1. The predicted octanol–water partition coefficient (Wildman–Crippen LogP) is 1.85. The molecule has 1 heterocycles. The van der Waals surface area contributed by atoms with Gasteiger partial charge in [0.15, 0.2) is 0 Å². The molecule has 0 spiro atoms. The third kappa shape index (κ3) is 3.64. The summed E-state index contributed by atoms with van der Waals surface area (Å²) in [5.41, 5.74) is 0.548. The van der Waals surface area contributed by atoms with Crippen LogP contribution < -0.4 is 4.90 Å². The summed E-state index contributed by atoms with van der Waals surface area (Å²) in [5.74, 6) is -1.34. The second-order valence-corrected chi connectivity index (χ2v) is 4.33. The molecule has 0 aliphatic carbocycles. The number of carboxylic acid groups (broad SMARTS) is 1. The Kier molecular flexibility index (Phi) is 4.80. The molecule has 1 N–H and O–H groups in total. The summed E-state index contributed by atoms with van der Waals surface area (Å²) in [6.45, 7) is 5.74. The van der Waals surface area contributed by atoms with Gasteiger partial charge in [0, 0.05) is 24.8 Å². The van der Waals surface area contributed by atoms with E-state index in [9.17, 15) is 14.9 Å². The van der Waals surface area contributed by atoms with E-state index < -0.39 is 16.8 Å². The number of anilines is 1. The molecule has 1 rings (SSSR count). The molecule has 0 aliphatic heterocycles. The Hall–Kier alpha value is -2.18. The van der Waals surface area contributed by atoms with Crippen LogP contribution in [0.3, 0.4) is 0 Å². The van der Waals surface area contributed by atoms with Crippen molar-refractivity contribution in [3.8, 4) is 0 Å². The highest BCUT2D eigenvalue weighted by atomic mass is 16.6. The first-order valence-electron chi connectivity index (χ1n) is 5.96. The molecule has 1 aromatic rings. The van der Waals surface area contributed by atoms with Gasteiger partial charge in [0.1, 0.15) is 0 Å². The van der Waals surface area contributed by atoms with E-state index in [1.165, 1.54) is 6.07 Å². The Labute approximate surface area is 111 Å². The van der Waals surface area contributed by atoms with Crippen molar-refractivity contribution in [1.82, 2.24) is 4.98 Å². The van der Waals surface area contributed by atoms with Gasteiger partial charge in [0.25, 0.3) is 0 Å². The Morgan fingerprint density at radius 3 is 2.68 bits per heavy atom. The minimum Gasteiger partial charge on any atom is -0.481 e. The fraction of sp³-hybridized carbons (Fsp3) is 0.500. The maximum atomic E-state index is 11.0. The Balaban J connectivity index is 3.13. The standard InChI is InChI=1S/C12H17N3O4/c1-4-14(7-8(2)12(16)17)11-10(15(18)19)6-5-9(3)13-11/h5-6,8H,4,7H2,1-3H3,(H,16,17). The molecule has 0 saturated carbocycles. The van der Waals surface area contributed by atoms with Crippen LogP contribution in [0.4, 0.5) is 11.5 Å². The topological polar surface area (TPSA) is 96.6 Å². The number of carboxylic acids is 1. The zero-order chi connectivity index (χ0) is 14.6. The summed E-state index contributed by atoms with van der Waals surface area (Å²) >= 11 is 0. The van der Waals surface area contributed by atoms with Crippen molar-refractivity contribution in [1.29, 1.82) is 0 Å². The highest BCUT2D eigenvalue weighted by Gasteiger charge is 2.23. The van der Waals surface area contributed by atoms with Gasteiger partial charge in [0.05, 0.1) is 10.8 Å². The molecule has 104 valence electrons. The van der Waals surface area contributed by atoms with E-state index in [-0.39, 0.29) is 18.1 Å². The fourth-order valence-corrected chi connectivity index (χ4v) is 1.68. The number of rotatable bonds is 6. The quantitative estimate of drug-likeness (QED) is 0.624. The lowest BCUT2D eigenvalue weighted by atomic mass is 10.1. The number of aliphatic carboxylic acids is 1. The summed E-state index contributed by atoms with van der Waals surface area (Å²) < 4.78 is 0. The number of nitro groups is 1. The molecule has 0 bridgehead atoms. The molecule has 7 heteroatoms. The normalized spacial score (nSPS) is 11.9. The van der Waals surface area contributed by atoms with E-state index in [1.807, 2.05) is 6.92 Å². The third-order valence-electron chi connectivity index (χ3n) is 2.79. The summed E-state index contributed by atoms with van der Waals surface area (Å²) in [4.78, 5) is 27.2. The fourth-order valence-electron chi connectivity index (χ4n) is 1.68. The number of pyridine rings is 1. The van der Waals surface area contributed by atoms with E-state index in [0.29, 0.717) is 12.2 Å². The van der Waals surface area contributed by atoms with Crippen molar-refractivity contribution in [3.63, 3.8) is 0 Å². The van der Waals surface area contributed by atoms with Crippen molar-refractivity contribution in [2.45, 2.75) is 20.8 Å². The van der Waals surface area contributed by atoms with E-state index in [1.54, 1.807) is 24.8 Å². The molecule has 0 aliphatic rings.